The summed E-state index contributed by atoms with van der Waals surface area (Å²) >= 11 is 0. The Bertz CT molecular complexity index is 4590. The molecule has 0 saturated carbocycles. The van der Waals surface area contributed by atoms with E-state index in [1.54, 1.807) is 103 Å². The number of aliphatic hydroxyl groups excluding tert-OH is 1. The van der Waals surface area contributed by atoms with Crippen molar-refractivity contribution in [2.75, 3.05) is 68.7 Å². The van der Waals surface area contributed by atoms with Crippen LogP contribution in [0.3, 0.4) is 0 Å². The highest BCUT2D eigenvalue weighted by molar-refractivity contribution is 7.86. The van der Waals surface area contributed by atoms with Crippen molar-refractivity contribution in [3.63, 3.8) is 0 Å². The van der Waals surface area contributed by atoms with Crippen LogP contribution < -0.4 is 18.9 Å². The molecule has 3 aromatic heterocycles. The Morgan fingerprint density at radius 1 is 0.423 bits per heavy atom. The van der Waals surface area contributed by atoms with E-state index in [2.05, 4.69) is 49.4 Å². The van der Waals surface area contributed by atoms with Crippen molar-refractivity contribution in [2.45, 2.75) is 99.9 Å². The molecule has 0 aliphatic heterocycles. The highest BCUT2D eigenvalue weighted by Crippen LogP contribution is 2.29. The van der Waals surface area contributed by atoms with Crippen LogP contribution in [0.5, 0.6) is 34.5 Å². The highest BCUT2D eigenvalue weighted by atomic mass is 32.2. The van der Waals surface area contributed by atoms with Crippen molar-refractivity contribution in [2.24, 2.45) is 0 Å². The highest BCUT2D eigenvalue weighted by Gasteiger charge is 2.19. The van der Waals surface area contributed by atoms with Gasteiger partial charge in [0.05, 0.1) is 123 Å². The van der Waals surface area contributed by atoms with Crippen LogP contribution in [0, 0.1) is 41.5 Å². The van der Waals surface area contributed by atoms with Crippen molar-refractivity contribution in [3.8, 4) is 34.5 Å². The maximum Gasteiger partial charge on any atom is 0.337 e. The first-order valence-corrected chi connectivity index (χ1v) is 36.0. The van der Waals surface area contributed by atoms with Gasteiger partial charge in [-0.25, -0.2) is 28.8 Å². The van der Waals surface area contributed by atoms with E-state index >= 15 is 0 Å². The van der Waals surface area contributed by atoms with Gasteiger partial charge in [0.2, 0.25) is 0 Å². The molecule has 0 aliphatic rings. The number of aryl methyl sites for hydroxylation is 8. The van der Waals surface area contributed by atoms with Gasteiger partial charge in [-0.3, -0.25) is 4.18 Å². The van der Waals surface area contributed by atoms with E-state index in [1.807, 2.05) is 41.5 Å². The molecular formula is C82H95N3O25S. The number of nitrogens with zero attached hydrogens (tertiary/aromatic N) is 3. The molecule has 0 atom stereocenters. The third-order valence-electron chi connectivity index (χ3n) is 15.8. The van der Waals surface area contributed by atoms with E-state index < -0.39 is 34.0 Å². The molecule has 0 radical (unpaired) electrons. The minimum absolute atomic E-state index is 0.0462. The first-order chi connectivity index (χ1) is 53.0. The van der Waals surface area contributed by atoms with Crippen LogP contribution in [0.15, 0.2) is 173 Å². The zero-order chi connectivity index (χ0) is 82.2. The molecule has 0 aliphatic carbocycles. The second-order valence-corrected chi connectivity index (χ2v) is 25.3. The van der Waals surface area contributed by atoms with Crippen molar-refractivity contribution < 1.29 is 118 Å². The van der Waals surface area contributed by atoms with Gasteiger partial charge < -0.3 is 76.3 Å². The number of aliphatic hydroxyl groups is 1. The molecule has 9 rings (SSSR count). The van der Waals surface area contributed by atoms with Crippen molar-refractivity contribution in [1.29, 1.82) is 0 Å². The predicted octanol–water partition coefficient (Wildman–Crippen LogP) is 13.7. The van der Waals surface area contributed by atoms with E-state index in [4.69, 9.17) is 61.1 Å². The summed E-state index contributed by atoms with van der Waals surface area (Å²) in [6.45, 7) is 23.5. The topological polar surface area (TPSA) is 377 Å². The minimum Gasteiger partial charge on any atom is -0.508 e. The van der Waals surface area contributed by atoms with Crippen LogP contribution in [-0.4, -0.2) is 144 Å². The second-order valence-electron chi connectivity index (χ2n) is 23.6. The van der Waals surface area contributed by atoms with E-state index in [9.17, 15) is 42.3 Å². The predicted molar refractivity (Wildman–Crippen MR) is 409 cm³/mol. The number of hydrogen-bond acceptors (Lipinski definition) is 28. The number of carbonyl (C=O) groups is 6. The van der Waals surface area contributed by atoms with Gasteiger partial charge in [-0.2, -0.15) is 8.42 Å². The average Bonchev–Trinajstić information content (AvgIpc) is 1.79. The number of benzene rings is 6. The summed E-state index contributed by atoms with van der Waals surface area (Å²) in [6, 6.07) is 32.6. The van der Waals surface area contributed by atoms with Gasteiger partial charge in [0.25, 0.3) is 10.1 Å². The molecule has 0 saturated heterocycles. The lowest BCUT2D eigenvalue weighted by Gasteiger charge is -2.13. The van der Waals surface area contributed by atoms with E-state index in [-0.39, 0.29) is 43.3 Å². The molecule has 29 heteroatoms. The molecule has 3 heterocycles. The Balaban J connectivity index is 0.000000288. The molecule has 111 heavy (non-hydrogen) atoms. The molecule has 3 N–H and O–H groups in total. The summed E-state index contributed by atoms with van der Waals surface area (Å²) < 4.78 is 92.9. The SMILES string of the molecule is C=CCOc1ccc(C(=O)OC)cc1.C=CCc1cc(C(=O)OC)ccc1O.C=CCc1cc(C(=O)OC)ccc1OCc1c(C)noc1C.COC(=O)c1ccc(O)cc1.COC(=O)c1ccc(OCc2c(C)noc2C)c(CCCO)c1.COC(=O)c1ccc(OCc2c(C)noc2C)c(CCCOS(C)(=O)=O)c1. The monoisotopic (exact) mass is 1550 g/mol. The van der Waals surface area contributed by atoms with Gasteiger partial charge in [0.1, 0.15) is 78.2 Å². The summed E-state index contributed by atoms with van der Waals surface area (Å²) in [7, 11) is 4.51. The molecule has 0 spiro atoms. The lowest BCUT2D eigenvalue weighted by Crippen LogP contribution is -2.07. The second kappa shape index (κ2) is 47.5. The van der Waals surface area contributed by atoms with Gasteiger partial charge in [0.15, 0.2) is 0 Å². The minimum atomic E-state index is -3.49. The number of hydrogen-bond donors (Lipinski definition) is 3. The summed E-state index contributed by atoms with van der Waals surface area (Å²) in [5.74, 6) is 2.74. The molecule has 6 aromatic carbocycles. The van der Waals surface area contributed by atoms with Crippen LogP contribution in [0.1, 0.15) is 148 Å². The Hall–Kier alpha value is -12.3. The van der Waals surface area contributed by atoms with Crippen LogP contribution >= 0.6 is 0 Å². The molecule has 28 nitrogen and oxygen atoms in total. The number of phenolic OH excluding ortho intramolecular Hbond substituents is 2. The third kappa shape index (κ3) is 30.3. The molecule has 0 bridgehead atoms. The van der Waals surface area contributed by atoms with Crippen LogP contribution in [0.25, 0.3) is 0 Å². The third-order valence-corrected chi connectivity index (χ3v) is 16.4. The van der Waals surface area contributed by atoms with Gasteiger partial charge in [-0.15, -0.1) is 13.2 Å². The average molecular weight is 1550 g/mol. The quantitative estimate of drug-likeness (QED) is 0.0124. The largest absolute Gasteiger partial charge is 0.508 e. The number of aromatic hydroxyl groups is 2. The Morgan fingerprint density at radius 3 is 1.09 bits per heavy atom. The number of carbonyl (C=O) groups excluding carboxylic acids is 6. The Morgan fingerprint density at radius 2 is 0.748 bits per heavy atom. The van der Waals surface area contributed by atoms with E-state index in [1.165, 1.54) is 79.1 Å². The lowest BCUT2D eigenvalue weighted by atomic mass is 10.0. The fourth-order valence-corrected chi connectivity index (χ4v) is 10.2. The number of aromatic nitrogens is 3. The molecule has 0 amide bonds. The fourth-order valence-electron chi connectivity index (χ4n) is 9.74. The summed E-state index contributed by atoms with van der Waals surface area (Å²) in [6.07, 6.45) is 9.33. The van der Waals surface area contributed by atoms with Crippen molar-refractivity contribution in [1.82, 2.24) is 15.5 Å². The zero-order valence-corrected chi connectivity index (χ0v) is 65.3. The van der Waals surface area contributed by atoms with E-state index in [0.29, 0.717) is 126 Å². The fraction of sp³-hybridized carbons (Fsp3) is 0.305. The van der Waals surface area contributed by atoms with E-state index in [0.717, 1.165) is 68.2 Å². The number of esters is 6. The molecular weight excluding hydrogens is 1460 g/mol. The van der Waals surface area contributed by atoms with Crippen LogP contribution in [0.2, 0.25) is 0 Å². The van der Waals surface area contributed by atoms with Gasteiger partial charge >= 0.3 is 35.8 Å². The Labute approximate surface area is 645 Å². The van der Waals surface area contributed by atoms with Crippen molar-refractivity contribution in [3.05, 3.63) is 266 Å². The normalized spacial score (nSPS) is 10.3. The maximum absolute atomic E-state index is 11.8. The van der Waals surface area contributed by atoms with Gasteiger partial charge in [-0.1, -0.05) is 40.3 Å². The van der Waals surface area contributed by atoms with Crippen LogP contribution in [-0.2, 0) is 88.2 Å². The number of phenols is 2. The summed E-state index contributed by atoms with van der Waals surface area (Å²) in [5, 5.41) is 39.0. The smallest absolute Gasteiger partial charge is 0.337 e. The summed E-state index contributed by atoms with van der Waals surface area (Å²) in [5.41, 5.74) is 10.9. The van der Waals surface area contributed by atoms with Gasteiger partial charge in [0, 0.05) is 6.61 Å². The number of methoxy groups -OCH3 is 6. The van der Waals surface area contributed by atoms with Crippen LogP contribution in [0.4, 0.5) is 0 Å². The lowest BCUT2D eigenvalue weighted by molar-refractivity contribution is 0.0591. The molecule has 0 fully saturated rings. The van der Waals surface area contributed by atoms with Gasteiger partial charge in [-0.05, 0) is 224 Å². The summed E-state index contributed by atoms with van der Waals surface area (Å²) in [4.78, 5) is 68.1. The Kier molecular flexibility index (Phi) is 38.9. The maximum atomic E-state index is 11.8. The number of rotatable bonds is 30. The van der Waals surface area contributed by atoms with Crippen molar-refractivity contribution >= 4 is 45.9 Å². The number of allylic oxidation sites excluding steroid dienone is 2. The molecule has 9 aromatic rings. The first-order valence-electron chi connectivity index (χ1n) is 34.2. The number of ether oxygens (including phenoxy) is 10. The first kappa shape index (κ1) is 91.0. The zero-order valence-electron chi connectivity index (χ0n) is 64.5. The molecule has 594 valence electrons. The molecule has 0 unspecified atom stereocenters. The standard InChI is InChI=1S/C18H23NO7S.C17H21NO5.C17H19NO4.2C11H12O3.C8H8O3/c1-12-16(13(2)26-19-12)11-24-17-8-7-15(18(20)23-3)10-14(17)6-5-9-25-27(4,21)22;1-11-15(12(2)23-18-11)10-22-16-7-6-14(17(20)21-3)9-13(16)5-4-8-19;1-5-6-13-9-14(17(19)20-4)7-8-16(13)21-10-15-11(2)18-22-12(15)3;1-3-8-14-10-6-4-9(5-7-10)11(12)13-2;1-3-4-8-7-9(11(13)14-2)5-6-10(8)12;1-11-8(10)6-2-4-7(9)5-3-6/h7-8,10H,5-6,9,11H2,1-4H3;6-7,9,19H,4-5,8,10H2,1-3H3;5,7-9H,1,6,10H2,2-4H3;3-7H,1,8H2,2H3;3,5-7,12H,1,4H2,2H3;2-5,9H,1H3.